The SMILES string of the molecule is NCc1cccc(Cn2c(C3CCCCC3)nc3cc(Cl)ccc3c2=O)c1. The third-order valence-corrected chi connectivity index (χ3v) is 5.72. The fourth-order valence-corrected chi connectivity index (χ4v) is 4.24. The molecule has 0 radical (unpaired) electrons. The minimum Gasteiger partial charge on any atom is -0.326 e. The Morgan fingerprint density at radius 3 is 2.63 bits per heavy atom. The number of benzene rings is 2. The van der Waals surface area contributed by atoms with Gasteiger partial charge in [0.1, 0.15) is 5.82 Å². The van der Waals surface area contributed by atoms with Crippen molar-refractivity contribution in [2.75, 3.05) is 0 Å². The van der Waals surface area contributed by atoms with E-state index in [9.17, 15) is 4.79 Å². The molecule has 1 aliphatic carbocycles. The minimum atomic E-state index is 0.00962. The topological polar surface area (TPSA) is 60.9 Å². The molecule has 27 heavy (non-hydrogen) atoms. The molecule has 0 saturated heterocycles. The van der Waals surface area contributed by atoms with E-state index in [1.54, 1.807) is 18.2 Å². The van der Waals surface area contributed by atoms with Gasteiger partial charge in [-0.15, -0.1) is 0 Å². The predicted octanol–water partition coefficient (Wildman–Crippen LogP) is 4.60. The molecule has 0 spiro atoms. The lowest BCUT2D eigenvalue weighted by Crippen LogP contribution is -2.28. The standard InChI is InChI=1S/C22H24ClN3O/c23-18-9-10-19-20(12-18)25-21(17-7-2-1-3-8-17)26(22(19)27)14-16-6-4-5-15(11-16)13-24/h4-6,9-12,17H,1-3,7-8,13-14,24H2. The summed E-state index contributed by atoms with van der Waals surface area (Å²) < 4.78 is 1.86. The van der Waals surface area contributed by atoms with E-state index < -0.39 is 0 Å². The number of hydrogen-bond donors (Lipinski definition) is 1. The number of nitrogens with two attached hydrogens (primary N) is 1. The monoisotopic (exact) mass is 381 g/mol. The molecule has 2 aromatic carbocycles. The lowest BCUT2D eigenvalue weighted by atomic mass is 9.88. The maximum absolute atomic E-state index is 13.3. The van der Waals surface area contributed by atoms with Crippen LogP contribution in [0, 0.1) is 0 Å². The van der Waals surface area contributed by atoms with Crippen molar-refractivity contribution in [1.82, 2.24) is 9.55 Å². The lowest BCUT2D eigenvalue weighted by molar-refractivity contribution is 0.413. The zero-order valence-electron chi connectivity index (χ0n) is 15.3. The van der Waals surface area contributed by atoms with E-state index in [0.717, 1.165) is 29.8 Å². The van der Waals surface area contributed by atoms with Crippen molar-refractivity contribution in [3.63, 3.8) is 0 Å². The highest BCUT2D eigenvalue weighted by molar-refractivity contribution is 6.31. The molecule has 1 heterocycles. The third-order valence-electron chi connectivity index (χ3n) is 5.48. The molecule has 140 valence electrons. The van der Waals surface area contributed by atoms with Gasteiger partial charge in [-0.3, -0.25) is 9.36 Å². The zero-order valence-corrected chi connectivity index (χ0v) is 16.1. The van der Waals surface area contributed by atoms with Crippen LogP contribution in [-0.4, -0.2) is 9.55 Å². The molecule has 4 nitrogen and oxygen atoms in total. The second-order valence-electron chi connectivity index (χ2n) is 7.38. The average molecular weight is 382 g/mol. The van der Waals surface area contributed by atoms with Crippen LogP contribution >= 0.6 is 11.6 Å². The van der Waals surface area contributed by atoms with Crippen molar-refractivity contribution in [3.8, 4) is 0 Å². The molecule has 0 amide bonds. The zero-order chi connectivity index (χ0) is 18.8. The summed E-state index contributed by atoms with van der Waals surface area (Å²) >= 11 is 6.15. The molecular formula is C22H24ClN3O. The first-order chi connectivity index (χ1) is 13.2. The predicted molar refractivity (Wildman–Crippen MR) is 110 cm³/mol. The highest BCUT2D eigenvalue weighted by atomic mass is 35.5. The van der Waals surface area contributed by atoms with Gasteiger partial charge >= 0.3 is 0 Å². The molecule has 0 bridgehead atoms. The molecule has 5 heteroatoms. The molecule has 1 aliphatic rings. The lowest BCUT2D eigenvalue weighted by Gasteiger charge is -2.24. The van der Waals surface area contributed by atoms with Crippen molar-refractivity contribution in [2.45, 2.75) is 51.1 Å². The van der Waals surface area contributed by atoms with Gasteiger partial charge in [0.15, 0.2) is 0 Å². The Balaban J connectivity index is 1.86. The highest BCUT2D eigenvalue weighted by Crippen LogP contribution is 2.32. The molecule has 4 rings (SSSR count). The molecule has 0 aliphatic heterocycles. The van der Waals surface area contributed by atoms with Gasteiger partial charge in [0.25, 0.3) is 5.56 Å². The summed E-state index contributed by atoms with van der Waals surface area (Å²) in [5.41, 5.74) is 8.63. The first kappa shape index (κ1) is 18.2. The summed E-state index contributed by atoms with van der Waals surface area (Å²) in [6, 6.07) is 13.5. The molecule has 2 N–H and O–H groups in total. The normalized spacial score (nSPS) is 15.3. The molecule has 0 atom stereocenters. The van der Waals surface area contributed by atoms with E-state index in [-0.39, 0.29) is 5.56 Å². The number of rotatable bonds is 4. The number of aromatic nitrogens is 2. The van der Waals surface area contributed by atoms with Gasteiger partial charge < -0.3 is 5.73 Å². The highest BCUT2D eigenvalue weighted by Gasteiger charge is 2.22. The fourth-order valence-electron chi connectivity index (χ4n) is 4.07. The number of fused-ring (bicyclic) bond motifs is 1. The first-order valence-corrected chi connectivity index (χ1v) is 10.0. The van der Waals surface area contributed by atoms with Gasteiger partial charge in [-0.1, -0.05) is 55.1 Å². The second kappa shape index (κ2) is 7.83. The number of halogens is 1. The number of hydrogen-bond acceptors (Lipinski definition) is 3. The van der Waals surface area contributed by atoms with E-state index in [0.29, 0.717) is 34.9 Å². The summed E-state index contributed by atoms with van der Waals surface area (Å²) in [6.07, 6.45) is 5.81. The summed E-state index contributed by atoms with van der Waals surface area (Å²) in [6.45, 7) is 1.01. The third kappa shape index (κ3) is 3.78. The average Bonchev–Trinajstić information content (AvgIpc) is 2.70. The van der Waals surface area contributed by atoms with Gasteiger partial charge in [-0.05, 0) is 42.2 Å². The van der Waals surface area contributed by atoms with Gasteiger partial charge in [0.2, 0.25) is 0 Å². The molecule has 0 unspecified atom stereocenters. The Kier molecular flexibility index (Phi) is 5.28. The van der Waals surface area contributed by atoms with Crippen LogP contribution in [-0.2, 0) is 13.1 Å². The smallest absolute Gasteiger partial charge is 0.261 e. The van der Waals surface area contributed by atoms with Crippen LogP contribution in [0.2, 0.25) is 5.02 Å². The Morgan fingerprint density at radius 1 is 1.07 bits per heavy atom. The van der Waals surface area contributed by atoms with Crippen LogP contribution in [0.1, 0.15) is 55.0 Å². The van der Waals surface area contributed by atoms with Gasteiger partial charge in [0.05, 0.1) is 17.4 Å². The Hall–Kier alpha value is -2.17. The van der Waals surface area contributed by atoms with Crippen molar-refractivity contribution in [2.24, 2.45) is 5.73 Å². The van der Waals surface area contributed by atoms with Crippen molar-refractivity contribution in [1.29, 1.82) is 0 Å². The van der Waals surface area contributed by atoms with Crippen molar-refractivity contribution < 1.29 is 0 Å². The molecule has 1 saturated carbocycles. The van der Waals surface area contributed by atoms with E-state index in [1.165, 1.54) is 19.3 Å². The summed E-state index contributed by atoms with van der Waals surface area (Å²) in [5.74, 6) is 1.22. The minimum absolute atomic E-state index is 0.00962. The van der Waals surface area contributed by atoms with E-state index in [4.69, 9.17) is 22.3 Å². The molecule has 1 fully saturated rings. The molecule has 1 aromatic heterocycles. The van der Waals surface area contributed by atoms with Gasteiger partial charge in [0, 0.05) is 17.5 Å². The summed E-state index contributed by atoms with van der Waals surface area (Å²) in [7, 11) is 0. The quantitative estimate of drug-likeness (QED) is 0.718. The Bertz CT molecular complexity index is 1020. The first-order valence-electron chi connectivity index (χ1n) is 9.63. The van der Waals surface area contributed by atoms with Gasteiger partial charge in [-0.25, -0.2) is 4.98 Å². The Labute approximate surface area is 164 Å². The second-order valence-corrected chi connectivity index (χ2v) is 7.82. The number of nitrogens with zero attached hydrogens (tertiary/aromatic N) is 2. The van der Waals surface area contributed by atoms with Crippen molar-refractivity contribution in [3.05, 3.63) is 74.8 Å². The van der Waals surface area contributed by atoms with Crippen LogP contribution < -0.4 is 11.3 Å². The van der Waals surface area contributed by atoms with Crippen LogP contribution in [0.25, 0.3) is 10.9 Å². The largest absolute Gasteiger partial charge is 0.326 e. The van der Waals surface area contributed by atoms with Crippen LogP contribution in [0.4, 0.5) is 0 Å². The van der Waals surface area contributed by atoms with Crippen molar-refractivity contribution >= 4 is 22.5 Å². The van der Waals surface area contributed by atoms with E-state index >= 15 is 0 Å². The van der Waals surface area contributed by atoms with Crippen LogP contribution in [0.15, 0.2) is 47.3 Å². The molecular weight excluding hydrogens is 358 g/mol. The fraction of sp³-hybridized carbons (Fsp3) is 0.364. The summed E-state index contributed by atoms with van der Waals surface area (Å²) in [4.78, 5) is 18.2. The Morgan fingerprint density at radius 2 is 1.85 bits per heavy atom. The van der Waals surface area contributed by atoms with Crippen LogP contribution in [0.5, 0.6) is 0 Å². The molecule has 3 aromatic rings. The van der Waals surface area contributed by atoms with E-state index in [1.807, 2.05) is 22.8 Å². The van der Waals surface area contributed by atoms with Crippen LogP contribution in [0.3, 0.4) is 0 Å². The summed E-state index contributed by atoms with van der Waals surface area (Å²) in [5, 5.41) is 1.23. The maximum Gasteiger partial charge on any atom is 0.261 e. The van der Waals surface area contributed by atoms with E-state index in [2.05, 4.69) is 6.07 Å². The maximum atomic E-state index is 13.3. The van der Waals surface area contributed by atoms with Gasteiger partial charge in [-0.2, -0.15) is 0 Å².